The molecule has 1 heterocycles. The molecule has 0 aromatic carbocycles. The van der Waals surface area contributed by atoms with Crippen LogP contribution in [-0.4, -0.2) is 24.1 Å². The van der Waals surface area contributed by atoms with Gasteiger partial charge in [-0.05, 0) is 26.3 Å². The third kappa shape index (κ3) is 4.33. The minimum absolute atomic E-state index is 0.0764. The quantitative estimate of drug-likeness (QED) is 0.767. The van der Waals surface area contributed by atoms with Crippen LogP contribution in [0, 0.1) is 0 Å². The van der Waals surface area contributed by atoms with Crippen molar-refractivity contribution < 1.29 is 13.5 Å². The van der Waals surface area contributed by atoms with Crippen molar-refractivity contribution in [1.29, 1.82) is 0 Å². The minimum atomic E-state index is -3.49. The molecule has 1 unspecified atom stereocenters. The number of aliphatic hydroxyl groups is 1. The van der Waals surface area contributed by atoms with Crippen LogP contribution < -0.4 is 4.72 Å². The molecule has 0 amide bonds. The molecule has 1 aromatic heterocycles. The van der Waals surface area contributed by atoms with Crippen LogP contribution in [0.15, 0.2) is 17.2 Å². The molecule has 19 heavy (non-hydrogen) atoms. The number of aliphatic hydroxyl groups excluding tert-OH is 1. The van der Waals surface area contributed by atoms with E-state index in [1.807, 2.05) is 13.8 Å². The van der Waals surface area contributed by atoms with Gasteiger partial charge in [-0.2, -0.15) is 0 Å². The van der Waals surface area contributed by atoms with Crippen molar-refractivity contribution in [2.75, 3.05) is 0 Å². The number of sulfonamides is 1. The maximum absolute atomic E-state index is 12.2. The number of hydrogen-bond donors (Lipinski definition) is 2. The monoisotopic (exact) mass is 288 g/mol. The van der Waals surface area contributed by atoms with Crippen LogP contribution in [0.3, 0.4) is 0 Å². The van der Waals surface area contributed by atoms with Crippen LogP contribution in [0.5, 0.6) is 0 Å². The number of nitrogens with zero attached hydrogens (tertiary/aromatic N) is 1. The standard InChI is InChI=1S/C13H24N2O3S/c1-4-6-7-11(3)14-19(17,18)13-8-12(10-16)15(5-2)9-13/h8-9,11,14,16H,4-7,10H2,1-3H3. The summed E-state index contributed by atoms with van der Waals surface area (Å²) in [6.07, 6.45) is 4.45. The largest absolute Gasteiger partial charge is 0.390 e. The first-order chi connectivity index (χ1) is 8.94. The molecule has 0 aliphatic rings. The summed E-state index contributed by atoms with van der Waals surface area (Å²) in [5, 5.41) is 9.19. The molecule has 0 saturated heterocycles. The van der Waals surface area contributed by atoms with Crippen molar-refractivity contribution in [3.63, 3.8) is 0 Å². The lowest BCUT2D eigenvalue weighted by Crippen LogP contribution is -2.32. The lowest BCUT2D eigenvalue weighted by Gasteiger charge is -2.12. The number of aryl methyl sites for hydroxylation is 1. The Morgan fingerprint density at radius 3 is 2.58 bits per heavy atom. The topological polar surface area (TPSA) is 71.3 Å². The number of rotatable bonds is 8. The van der Waals surface area contributed by atoms with Crippen molar-refractivity contribution in [1.82, 2.24) is 9.29 Å². The van der Waals surface area contributed by atoms with E-state index in [9.17, 15) is 13.5 Å². The van der Waals surface area contributed by atoms with Crippen molar-refractivity contribution in [2.45, 2.75) is 64.1 Å². The normalized spacial score (nSPS) is 13.7. The van der Waals surface area contributed by atoms with Crippen molar-refractivity contribution in [3.8, 4) is 0 Å². The Morgan fingerprint density at radius 2 is 2.11 bits per heavy atom. The fourth-order valence-corrected chi connectivity index (χ4v) is 3.34. The zero-order chi connectivity index (χ0) is 14.5. The first-order valence-corrected chi connectivity index (χ1v) is 8.25. The van der Waals surface area contributed by atoms with E-state index < -0.39 is 10.0 Å². The van der Waals surface area contributed by atoms with E-state index in [0.29, 0.717) is 12.2 Å². The Balaban J connectivity index is 2.85. The third-order valence-corrected chi connectivity index (χ3v) is 4.68. The van der Waals surface area contributed by atoms with E-state index in [4.69, 9.17) is 0 Å². The zero-order valence-electron chi connectivity index (χ0n) is 11.9. The third-order valence-electron chi connectivity index (χ3n) is 3.12. The summed E-state index contributed by atoms with van der Waals surface area (Å²) in [6.45, 7) is 6.34. The molecule has 0 radical (unpaired) electrons. The number of nitrogens with one attached hydrogen (secondary N) is 1. The number of hydrogen-bond acceptors (Lipinski definition) is 3. The first kappa shape index (κ1) is 16.2. The summed E-state index contributed by atoms with van der Waals surface area (Å²) in [6, 6.07) is 1.45. The molecule has 1 atom stereocenters. The second kappa shape index (κ2) is 7.07. The maximum atomic E-state index is 12.2. The SMILES string of the molecule is CCCCC(C)NS(=O)(=O)c1cc(CO)n(CC)c1. The summed E-state index contributed by atoms with van der Waals surface area (Å²) in [5.74, 6) is 0. The molecule has 0 aliphatic carbocycles. The Bertz CT molecular complexity index is 472. The second-order valence-electron chi connectivity index (χ2n) is 4.78. The highest BCUT2D eigenvalue weighted by Gasteiger charge is 2.20. The van der Waals surface area contributed by atoms with Crippen molar-refractivity contribution >= 4 is 10.0 Å². The predicted octanol–water partition coefficient (Wildman–Crippen LogP) is 1.86. The lowest BCUT2D eigenvalue weighted by atomic mass is 10.2. The molecule has 0 spiro atoms. The molecule has 0 bridgehead atoms. The van der Waals surface area contributed by atoms with E-state index in [1.54, 1.807) is 10.8 Å². The fraction of sp³-hybridized carbons (Fsp3) is 0.692. The molecule has 0 aliphatic heterocycles. The van der Waals surface area contributed by atoms with Gasteiger partial charge in [-0.1, -0.05) is 19.8 Å². The summed E-state index contributed by atoms with van der Waals surface area (Å²) in [7, 11) is -3.49. The average molecular weight is 288 g/mol. The highest BCUT2D eigenvalue weighted by atomic mass is 32.2. The van der Waals surface area contributed by atoms with Gasteiger partial charge in [0.2, 0.25) is 10.0 Å². The van der Waals surface area contributed by atoms with Gasteiger partial charge in [0, 0.05) is 24.5 Å². The van der Waals surface area contributed by atoms with E-state index in [0.717, 1.165) is 19.3 Å². The number of unbranched alkanes of at least 4 members (excludes halogenated alkanes) is 1. The first-order valence-electron chi connectivity index (χ1n) is 6.76. The Labute approximate surface area is 115 Å². The van der Waals surface area contributed by atoms with Gasteiger partial charge in [0.25, 0.3) is 0 Å². The van der Waals surface area contributed by atoms with Gasteiger partial charge in [0.15, 0.2) is 0 Å². The van der Waals surface area contributed by atoms with Gasteiger partial charge in [0.05, 0.1) is 11.5 Å². The minimum Gasteiger partial charge on any atom is -0.390 e. The molecular formula is C13H24N2O3S. The van der Waals surface area contributed by atoms with E-state index in [-0.39, 0.29) is 17.5 Å². The van der Waals surface area contributed by atoms with Crippen LogP contribution in [0.1, 0.15) is 45.7 Å². The van der Waals surface area contributed by atoms with E-state index in [2.05, 4.69) is 11.6 Å². The van der Waals surface area contributed by atoms with Gasteiger partial charge >= 0.3 is 0 Å². The summed E-state index contributed by atoms with van der Waals surface area (Å²) in [5.41, 5.74) is 0.615. The van der Waals surface area contributed by atoms with Crippen LogP contribution in [0.4, 0.5) is 0 Å². The highest BCUT2D eigenvalue weighted by molar-refractivity contribution is 7.89. The molecular weight excluding hydrogens is 264 g/mol. The molecule has 1 aromatic rings. The average Bonchev–Trinajstić information content (AvgIpc) is 2.79. The second-order valence-corrected chi connectivity index (χ2v) is 6.49. The predicted molar refractivity (Wildman–Crippen MR) is 75.3 cm³/mol. The van der Waals surface area contributed by atoms with Crippen LogP contribution in [0.25, 0.3) is 0 Å². The summed E-state index contributed by atoms with van der Waals surface area (Å²) in [4.78, 5) is 0.224. The van der Waals surface area contributed by atoms with Crippen molar-refractivity contribution in [2.24, 2.45) is 0 Å². The van der Waals surface area contributed by atoms with E-state index >= 15 is 0 Å². The maximum Gasteiger partial charge on any atom is 0.242 e. The lowest BCUT2D eigenvalue weighted by molar-refractivity contribution is 0.271. The van der Waals surface area contributed by atoms with E-state index in [1.165, 1.54) is 6.07 Å². The van der Waals surface area contributed by atoms with Gasteiger partial charge in [-0.15, -0.1) is 0 Å². The summed E-state index contributed by atoms with van der Waals surface area (Å²) >= 11 is 0. The Hall–Kier alpha value is -0.850. The number of aromatic nitrogens is 1. The molecule has 1 rings (SSSR count). The smallest absolute Gasteiger partial charge is 0.242 e. The molecule has 0 fully saturated rings. The van der Waals surface area contributed by atoms with Gasteiger partial charge < -0.3 is 9.67 Å². The zero-order valence-corrected chi connectivity index (χ0v) is 12.7. The molecule has 0 saturated carbocycles. The van der Waals surface area contributed by atoms with Gasteiger partial charge in [-0.25, -0.2) is 13.1 Å². The fourth-order valence-electron chi connectivity index (χ4n) is 2.00. The van der Waals surface area contributed by atoms with Crippen LogP contribution >= 0.6 is 0 Å². The molecule has 2 N–H and O–H groups in total. The Morgan fingerprint density at radius 1 is 1.42 bits per heavy atom. The van der Waals surface area contributed by atoms with Crippen LogP contribution in [-0.2, 0) is 23.2 Å². The summed E-state index contributed by atoms with van der Waals surface area (Å²) < 4.78 is 28.8. The Kier molecular flexibility index (Phi) is 6.03. The molecule has 110 valence electrons. The van der Waals surface area contributed by atoms with Crippen molar-refractivity contribution in [3.05, 3.63) is 18.0 Å². The van der Waals surface area contributed by atoms with Gasteiger partial charge in [-0.3, -0.25) is 0 Å². The molecule has 5 nitrogen and oxygen atoms in total. The van der Waals surface area contributed by atoms with Crippen LogP contribution in [0.2, 0.25) is 0 Å². The van der Waals surface area contributed by atoms with Gasteiger partial charge in [0.1, 0.15) is 0 Å². The highest BCUT2D eigenvalue weighted by Crippen LogP contribution is 2.15. The molecule has 6 heteroatoms.